The highest BCUT2D eigenvalue weighted by atomic mass is 15.2. The SMILES string of the molecule is CCCN(CCCCc1ccccc1)C(C)(CC)CN. The summed E-state index contributed by atoms with van der Waals surface area (Å²) in [7, 11) is 0. The first-order chi connectivity index (χ1) is 9.66. The Balaban J connectivity index is 2.39. The molecule has 1 unspecified atom stereocenters. The van der Waals surface area contributed by atoms with Crippen LogP contribution in [0.3, 0.4) is 0 Å². The van der Waals surface area contributed by atoms with Gasteiger partial charge in [0.1, 0.15) is 0 Å². The Kier molecular flexibility index (Phi) is 7.86. The van der Waals surface area contributed by atoms with Crippen LogP contribution in [-0.4, -0.2) is 30.1 Å². The Hall–Kier alpha value is -0.860. The van der Waals surface area contributed by atoms with E-state index < -0.39 is 0 Å². The van der Waals surface area contributed by atoms with Gasteiger partial charge in [-0.2, -0.15) is 0 Å². The van der Waals surface area contributed by atoms with E-state index in [2.05, 4.69) is 56.0 Å². The van der Waals surface area contributed by atoms with E-state index >= 15 is 0 Å². The second-order valence-corrected chi connectivity index (χ2v) is 5.98. The molecule has 0 heterocycles. The molecule has 0 bridgehead atoms. The lowest BCUT2D eigenvalue weighted by molar-refractivity contribution is 0.103. The van der Waals surface area contributed by atoms with Gasteiger partial charge in [-0.25, -0.2) is 0 Å². The maximum absolute atomic E-state index is 6.00. The van der Waals surface area contributed by atoms with E-state index in [1.807, 2.05) is 0 Å². The summed E-state index contributed by atoms with van der Waals surface area (Å²) in [5.74, 6) is 0. The van der Waals surface area contributed by atoms with E-state index in [1.165, 1.54) is 37.8 Å². The monoisotopic (exact) mass is 276 g/mol. The van der Waals surface area contributed by atoms with Gasteiger partial charge in [0.25, 0.3) is 0 Å². The Labute approximate surface area is 125 Å². The third-order valence-electron chi connectivity index (χ3n) is 4.44. The molecule has 0 fully saturated rings. The maximum atomic E-state index is 6.00. The van der Waals surface area contributed by atoms with E-state index in [0.29, 0.717) is 0 Å². The minimum atomic E-state index is 0.169. The highest BCUT2D eigenvalue weighted by Gasteiger charge is 2.27. The Morgan fingerprint density at radius 2 is 1.75 bits per heavy atom. The molecule has 0 amide bonds. The first-order valence-electron chi connectivity index (χ1n) is 8.15. The highest BCUT2D eigenvalue weighted by molar-refractivity contribution is 5.14. The van der Waals surface area contributed by atoms with Crippen molar-refractivity contribution in [2.75, 3.05) is 19.6 Å². The van der Waals surface area contributed by atoms with Gasteiger partial charge in [-0.1, -0.05) is 44.2 Å². The van der Waals surface area contributed by atoms with Crippen molar-refractivity contribution < 1.29 is 0 Å². The largest absolute Gasteiger partial charge is 0.329 e. The lowest BCUT2D eigenvalue weighted by atomic mass is 9.95. The number of benzene rings is 1. The molecule has 0 aliphatic carbocycles. The van der Waals surface area contributed by atoms with Crippen LogP contribution in [0.15, 0.2) is 30.3 Å². The van der Waals surface area contributed by atoms with Crippen LogP contribution < -0.4 is 5.73 Å². The Morgan fingerprint density at radius 1 is 1.05 bits per heavy atom. The predicted molar refractivity (Wildman–Crippen MR) is 89.0 cm³/mol. The molecule has 20 heavy (non-hydrogen) atoms. The standard InChI is InChI=1S/C18H32N2/c1-4-14-20(18(3,5-2)16-19)15-10-9-13-17-11-7-6-8-12-17/h6-8,11-12H,4-5,9-10,13-16,19H2,1-3H3. The molecule has 2 heteroatoms. The summed E-state index contributed by atoms with van der Waals surface area (Å²) in [6.45, 7) is 9.89. The number of unbranched alkanes of at least 4 members (excludes halogenated alkanes) is 1. The van der Waals surface area contributed by atoms with Crippen molar-refractivity contribution >= 4 is 0 Å². The van der Waals surface area contributed by atoms with Crippen molar-refractivity contribution in [3.63, 3.8) is 0 Å². The number of hydrogen-bond donors (Lipinski definition) is 1. The lowest BCUT2D eigenvalue weighted by Gasteiger charge is -2.40. The van der Waals surface area contributed by atoms with Gasteiger partial charge in [-0.3, -0.25) is 4.90 Å². The summed E-state index contributed by atoms with van der Waals surface area (Å²) in [6.07, 6.45) is 6.03. The van der Waals surface area contributed by atoms with Crippen molar-refractivity contribution in [1.29, 1.82) is 0 Å². The molecule has 1 aromatic rings. The summed E-state index contributed by atoms with van der Waals surface area (Å²) >= 11 is 0. The molecule has 2 nitrogen and oxygen atoms in total. The molecule has 1 aromatic carbocycles. The fourth-order valence-electron chi connectivity index (χ4n) is 2.70. The van der Waals surface area contributed by atoms with E-state index in [4.69, 9.17) is 5.73 Å². The van der Waals surface area contributed by atoms with Crippen molar-refractivity contribution in [3.8, 4) is 0 Å². The summed E-state index contributed by atoms with van der Waals surface area (Å²) in [5, 5.41) is 0. The third kappa shape index (κ3) is 5.26. The van der Waals surface area contributed by atoms with Gasteiger partial charge in [-0.15, -0.1) is 0 Å². The van der Waals surface area contributed by atoms with Crippen molar-refractivity contribution in [3.05, 3.63) is 35.9 Å². The van der Waals surface area contributed by atoms with E-state index in [0.717, 1.165) is 19.5 Å². The van der Waals surface area contributed by atoms with Crippen LogP contribution in [0.5, 0.6) is 0 Å². The quantitative estimate of drug-likeness (QED) is 0.658. The molecular weight excluding hydrogens is 244 g/mol. The van der Waals surface area contributed by atoms with Gasteiger partial charge in [0.05, 0.1) is 0 Å². The molecule has 114 valence electrons. The van der Waals surface area contributed by atoms with E-state index in [-0.39, 0.29) is 5.54 Å². The number of hydrogen-bond acceptors (Lipinski definition) is 2. The van der Waals surface area contributed by atoms with Gasteiger partial charge < -0.3 is 5.73 Å². The Morgan fingerprint density at radius 3 is 2.30 bits per heavy atom. The molecule has 2 N–H and O–H groups in total. The third-order valence-corrected chi connectivity index (χ3v) is 4.44. The molecule has 0 saturated heterocycles. The predicted octanol–water partition coefficient (Wildman–Crippen LogP) is 3.85. The molecular formula is C18H32N2. The lowest BCUT2D eigenvalue weighted by Crippen LogP contribution is -2.51. The van der Waals surface area contributed by atoms with Gasteiger partial charge in [0.2, 0.25) is 0 Å². The van der Waals surface area contributed by atoms with Crippen molar-refractivity contribution in [1.82, 2.24) is 4.90 Å². The zero-order valence-corrected chi connectivity index (χ0v) is 13.6. The molecule has 1 atom stereocenters. The van der Waals surface area contributed by atoms with Crippen LogP contribution in [0.25, 0.3) is 0 Å². The van der Waals surface area contributed by atoms with Gasteiger partial charge in [0, 0.05) is 12.1 Å². The normalized spacial score (nSPS) is 14.4. The van der Waals surface area contributed by atoms with Crippen molar-refractivity contribution in [2.45, 2.75) is 58.4 Å². The molecule has 0 aromatic heterocycles. The molecule has 0 aliphatic heterocycles. The van der Waals surface area contributed by atoms with E-state index in [1.54, 1.807) is 0 Å². The number of nitrogens with two attached hydrogens (primary N) is 1. The first kappa shape index (κ1) is 17.2. The highest BCUT2D eigenvalue weighted by Crippen LogP contribution is 2.19. The van der Waals surface area contributed by atoms with Crippen molar-refractivity contribution in [2.24, 2.45) is 5.73 Å². The minimum absolute atomic E-state index is 0.169. The molecule has 0 radical (unpaired) electrons. The smallest absolute Gasteiger partial charge is 0.0300 e. The Bertz CT molecular complexity index is 344. The fraction of sp³-hybridized carbons (Fsp3) is 0.667. The topological polar surface area (TPSA) is 29.3 Å². The van der Waals surface area contributed by atoms with Gasteiger partial charge >= 0.3 is 0 Å². The molecule has 0 aliphatic rings. The summed E-state index contributed by atoms with van der Waals surface area (Å²) < 4.78 is 0. The number of rotatable bonds is 10. The van der Waals surface area contributed by atoms with Crippen LogP contribution in [0.4, 0.5) is 0 Å². The molecule has 0 saturated carbocycles. The molecule has 1 rings (SSSR count). The fourth-order valence-corrected chi connectivity index (χ4v) is 2.70. The second kappa shape index (κ2) is 9.15. The van der Waals surface area contributed by atoms with Gasteiger partial charge in [-0.05, 0) is 57.7 Å². The van der Waals surface area contributed by atoms with E-state index in [9.17, 15) is 0 Å². The van der Waals surface area contributed by atoms with Crippen LogP contribution in [0.1, 0.15) is 52.0 Å². The van der Waals surface area contributed by atoms with Gasteiger partial charge in [0.15, 0.2) is 0 Å². The van der Waals surface area contributed by atoms with Crippen LogP contribution in [0.2, 0.25) is 0 Å². The first-order valence-corrected chi connectivity index (χ1v) is 8.15. The summed E-state index contributed by atoms with van der Waals surface area (Å²) in [4.78, 5) is 2.60. The zero-order valence-electron chi connectivity index (χ0n) is 13.6. The van der Waals surface area contributed by atoms with Crippen LogP contribution in [0, 0.1) is 0 Å². The average molecular weight is 276 g/mol. The average Bonchev–Trinajstić information content (AvgIpc) is 2.50. The number of nitrogens with zero attached hydrogens (tertiary/aromatic N) is 1. The minimum Gasteiger partial charge on any atom is -0.329 e. The van der Waals surface area contributed by atoms with Crippen LogP contribution >= 0.6 is 0 Å². The molecule has 0 spiro atoms. The summed E-state index contributed by atoms with van der Waals surface area (Å²) in [6, 6.07) is 10.8. The maximum Gasteiger partial charge on any atom is 0.0300 e. The summed E-state index contributed by atoms with van der Waals surface area (Å²) in [5.41, 5.74) is 7.62. The van der Waals surface area contributed by atoms with Crippen LogP contribution in [-0.2, 0) is 6.42 Å². The number of aryl methyl sites for hydroxylation is 1. The second-order valence-electron chi connectivity index (χ2n) is 5.98. The zero-order chi connectivity index (χ0) is 14.8.